The van der Waals surface area contributed by atoms with E-state index in [1.807, 2.05) is 13.8 Å². The maximum absolute atomic E-state index is 11.8. The number of carbonyl (C=O) groups is 2. The lowest BCUT2D eigenvalue weighted by molar-refractivity contribution is -0.125. The van der Waals surface area contributed by atoms with E-state index in [1.54, 1.807) is 6.92 Å². The average molecular weight is 298 g/mol. The summed E-state index contributed by atoms with van der Waals surface area (Å²) < 4.78 is 0. The van der Waals surface area contributed by atoms with E-state index in [4.69, 9.17) is 0 Å². The van der Waals surface area contributed by atoms with Crippen molar-refractivity contribution in [3.05, 3.63) is 0 Å². The van der Waals surface area contributed by atoms with E-state index in [0.29, 0.717) is 18.9 Å². The molecule has 1 aliphatic carbocycles. The number of aliphatic hydroxyl groups is 1. The molecule has 21 heavy (non-hydrogen) atoms. The summed E-state index contributed by atoms with van der Waals surface area (Å²) in [4.78, 5) is 23.5. The number of amides is 2. The lowest BCUT2D eigenvalue weighted by Gasteiger charge is -2.25. The second-order valence-electron chi connectivity index (χ2n) is 6.89. The molecule has 0 aliphatic heterocycles. The molecule has 5 nitrogen and oxygen atoms in total. The van der Waals surface area contributed by atoms with Crippen LogP contribution in [0.15, 0.2) is 0 Å². The van der Waals surface area contributed by atoms with Gasteiger partial charge in [0.2, 0.25) is 11.8 Å². The van der Waals surface area contributed by atoms with Crippen LogP contribution in [0.4, 0.5) is 0 Å². The van der Waals surface area contributed by atoms with Crippen molar-refractivity contribution in [3.63, 3.8) is 0 Å². The second-order valence-corrected chi connectivity index (χ2v) is 6.89. The van der Waals surface area contributed by atoms with Gasteiger partial charge >= 0.3 is 0 Å². The second kappa shape index (κ2) is 8.37. The summed E-state index contributed by atoms with van der Waals surface area (Å²) in [5.41, 5.74) is -0.878. The maximum atomic E-state index is 11.8. The summed E-state index contributed by atoms with van der Waals surface area (Å²) in [5, 5.41) is 15.7. The van der Waals surface area contributed by atoms with Gasteiger partial charge in [0.15, 0.2) is 0 Å². The van der Waals surface area contributed by atoms with Crippen molar-refractivity contribution in [2.24, 2.45) is 11.8 Å². The molecule has 0 aromatic carbocycles. The number of nitrogens with one attached hydrogen (secondary N) is 2. The molecular weight excluding hydrogens is 268 g/mol. The summed E-state index contributed by atoms with van der Waals surface area (Å²) in [6.07, 6.45) is 5.10. The largest absolute Gasteiger partial charge is 0.388 e. The van der Waals surface area contributed by atoms with Crippen LogP contribution in [0, 0.1) is 11.8 Å². The van der Waals surface area contributed by atoms with E-state index in [1.165, 1.54) is 0 Å². The zero-order chi connectivity index (χ0) is 15.9. The molecule has 0 aromatic heterocycles. The third kappa shape index (κ3) is 7.46. The SMILES string of the molecule is CC(C)CC(C)(O)CNC(=O)CCNC(=O)C1CCCC1. The molecule has 1 saturated carbocycles. The van der Waals surface area contributed by atoms with Crippen LogP contribution in [0.3, 0.4) is 0 Å². The topological polar surface area (TPSA) is 78.4 Å². The number of hydrogen-bond donors (Lipinski definition) is 3. The molecule has 0 bridgehead atoms. The molecule has 0 saturated heterocycles. The van der Waals surface area contributed by atoms with Crippen molar-refractivity contribution in [3.8, 4) is 0 Å². The zero-order valence-corrected chi connectivity index (χ0v) is 13.6. The molecule has 3 N–H and O–H groups in total. The van der Waals surface area contributed by atoms with Crippen molar-refractivity contribution in [2.75, 3.05) is 13.1 Å². The molecule has 122 valence electrons. The molecule has 5 heteroatoms. The molecule has 1 unspecified atom stereocenters. The normalized spacial score (nSPS) is 18.5. The van der Waals surface area contributed by atoms with Gasteiger partial charge in [-0.1, -0.05) is 26.7 Å². The highest BCUT2D eigenvalue weighted by molar-refractivity contribution is 5.80. The molecule has 1 atom stereocenters. The van der Waals surface area contributed by atoms with Crippen molar-refractivity contribution in [1.29, 1.82) is 0 Å². The molecular formula is C16H30N2O3. The number of hydrogen-bond acceptors (Lipinski definition) is 3. The van der Waals surface area contributed by atoms with Crippen LogP contribution < -0.4 is 10.6 Å². The van der Waals surface area contributed by atoms with Gasteiger partial charge in [0, 0.05) is 25.4 Å². The van der Waals surface area contributed by atoms with Crippen molar-refractivity contribution in [2.45, 2.75) is 64.9 Å². The van der Waals surface area contributed by atoms with Crippen LogP contribution in [0.2, 0.25) is 0 Å². The van der Waals surface area contributed by atoms with Crippen molar-refractivity contribution in [1.82, 2.24) is 10.6 Å². The molecule has 1 rings (SSSR count). The van der Waals surface area contributed by atoms with Gasteiger partial charge in [0.1, 0.15) is 0 Å². The predicted octanol–water partition coefficient (Wildman–Crippen LogP) is 1.60. The summed E-state index contributed by atoms with van der Waals surface area (Å²) in [5.74, 6) is 0.459. The molecule has 1 aliphatic rings. The summed E-state index contributed by atoms with van der Waals surface area (Å²) in [6, 6.07) is 0. The first-order valence-electron chi connectivity index (χ1n) is 8.07. The Morgan fingerprint density at radius 1 is 1.24 bits per heavy atom. The molecule has 1 fully saturated rings. The average Bonchev–Trinajstić information content (AvgIpc) is 2.88. The molecule has 0 aromatic rings. The Labute approximate surface area is 127 Å². The van der Waals surface area contributed by atoms with E-state index >= 15 is 0 Å². The van der Waals surface area contributed by atoms with Crippen molar-refractivity contribution >= 4 is 11.8 Å². The van der Waals surface area contributed by atoms with Crippen LogP contribution >= 0.6 is 0 Å². The Hall–Kier alpha value is -1.10. The molecule has 2 amide bonds. The van der Waals surface area contributed by atoms with Crippen LogP contribution in [-0.2, 0) is 9.59 Å². The first-order valence-corrected chi connectivity index (χ1v) is 8.07. The van der Waals surface area contributed by atoms with E-state index in [9.17, 15) is 14.7 Å². The minimum absolute atomic E-state index is 0.0760. The highest BCUT2D eigenvalue weighted by Gasteiger charge is 2.23. The Kier molecular flexibility index (Phi) is 7.15. The Bertz CT molecular complexity index is 347. The summed E-state index contributed by atoms with van der Waals surface area (Å²) in [7, 11) is 0. The first kappa shape index (κ1) is 18.0. The minimum Gasteiger partial charge on any atom is -0.388 e. The Balaban J connectivity index is 2.14. The number of rotatable bonds is 8. The van der Waals surface area contributed by atoms with Crippen LogP contribution in [0.1, 0.15) is 59.3 Å². The minimum atomic E-state index is -0.878. The Morgan fingerprint density at radius 3 is 2.43 bits per heavy atom. The molecule has 0 heterocycles. The standard InChI is InChI=1S/C16H30N2O3/c1-12(2)10-16(3,21)11-18-14(19)8-9-17-15(20)13-6-4-5-7-13/h12-13,21H,4-11H2,1-3H3,(H,17,20)(H,18,19). The fourth-order valence-electron chi connectivity index (χ4n) is 2.96. The van der Waals surface area contributed by atoms with E-state index in [-0.39, 0.29) is 30.7 Å². The van der Waals surface area contributed by atoms with E-state index < -0.39 is 5.60 Å². The van der Waals surface area contributed by atoms with Gasteiger partial charge in [-0.3, -0.25) is 9.59 Å². The highest BCUT2D eigenvalue weighted by Crippen LogP contribution is 2.24. The van der Waals surface area contributed by atoms with Gasteiger partial charge in [-0.15, -0.1) is 0 Å². The van der Waals surface area contributed by atoms with E-state index in [0.717, 1.165) is 25.7 Å². The maximum Gasteiger partial charge on any atom is 0.223 e. The van der Waals surface area contributed by atoms with Gasteiger partial charge in [-0.2, -0.15) is 0 Å². The van der Waals surface area contributed by atoms with Crippen LogP contribution in [-0.4, -0.2) is 35.6 Å². The van der Waals surface area contributed by atoms with Crippen molar-refractivity contribution < 1.29 is 14.7 Å². The lowest BCUT2D eigenvalue weighted by atomic mass is 9.94. The van der Waals surface area contributed by atoms with Gasteiger partial charge < -0.3 is 15.7 Å². The van der Waals surface area contributed by atoms with E-state index in [2.05, 4.69) is 10.6 Å². The lowest BCUT2D eigenvalue weighted by Crippen LogP contribution is -2.42. The summed E-state index contributed by atoms with van der Waals surface area (Å²) in [6.45, 7) is 6.42. The quantitative estimate of drug-likeness (QED) is 0.637. The first-order chi connectivity index (χ1) is 9.80. The highest BCUT2D eigenvalue weighted by atomic mass is 16.3. The third-order valence-electron chi connectivity index (χ3n) is 3.89. The predicted molar refractivity (Wildman–Crippen MR) is 82.7 cm³/mol. The fourth-order valence-corrected chi connectivity index (χ4v) is 2.96. The van der Waals surface area contributed by atoms with Gasteiger partial charge in [-0.25, -0.2) is 0 Å². The monoisotopic (exact) mass is 298 g/mol. The van der Waals surface area contributed by atoms with Crippen LogP contribution in [0.25, 0.3) is 0 Å². The molecule has 0 spiro atoms. The smallest absolute Gasteiger partial charge is 0.223 e. The van der Waals surface area contributed by atoms with Crippen LogP contribution in [0.5, 0.6) is 0 Å². The van der Waals surface area contributed by atoms with Gasteiger partial charge in [-0.05, 0) is 32.1 Å². The van der Waals surface area contributed by atoms with Gasteiger partial charge in [0.05, 0.1) is 5.60 Å². The summed E-state index contributed by atoms with van der Waals surface area (Å²) >= 11 is 0. The fraction of sp³-hybridized carbons (Fsp3) is 0.875. The zero-order valence-electron chi connectivity index (χ0n) is 13.6. The molecule has 0 radical (unpaired) electrons. The van der Waals surface area contributed by atoms with Gasteiger partial charge in [0.25, 0.3) is 0 Å². The number of carbonyl (C=O) groups excluding carboxylic acids is 2. The third-order valence-corrected chi connectivity index (χ3v) is 3.89. The Morgan fingerprint density at radius 2 is 1.86 bits per heavy atom.